The molecule has 0 saturated carbocycles. The van der Waals surface area contributed by atoms with Crippen molar-refractivity contribution >= 4 is 51.0 Å². The first-order valence-electron chi connectivity index (χ1n) is 9.16. The number of halogens is 4. The first-order valence-corrected chi connectivity index (χ1v) is 10.3. The molecule has 1 unspecified atom stereocenters. The Bertz CT molecular complexity index is 982. The minimum Gasteiger partial charge on any atom is -0.465 e. The van der Waals surface area contributed by atoms with Gasteiger partial charge in [0.15, 0.2) is 5.75 Å². The predicted octanol–water partition coefficient (Wildman–Crippen LogP) is 4.45. The maximum atomic E-state index is 12.7. The van der Waals surface area contributed by atoms with Gasteiger partial charge < -0.3 is 25.4 Å². The van der Waals surface area contributed by atoms with E-state index in [0.29, 0.717) is 29.9 Å². The molecule has 12 heteroatoms. The van der Waals surface area contributed by atoms with Crippen molar-refractivity contribution in [2.45, 2.75) is 13.0 Å². The zero-order valence-electron chi connectivity index (χ0n) is 15.9. The Morgan fingerprint density at radius 3 is 2.87 bits per heavy atom. The van der Waals surface area contributed by atoms with Crippen LogP contribution < -0.4 is 20.3 Å². The Labute approximate surface area is 189 Å². The molecule has 8 nitrogen and oxygen atoms in total. The third kappa shape index (κ3) is 5.95. The number of carbonyl (C=O) groups excluding carboxylic acids is 1. The quantitative estimate of drug-likeness (QED) is 0.500. The van der Waals surface area contributed by atoms with Crippen molar-refractivity contribution < 1.29 is 28.2 Å². The van der Waals surface area contributed by atoms with Crippen LogP contribution in [0.25, 0.3) is 0 Å². The molecule has 1 fully saturated rings. The number of ether oxygens (including phenoxy) is 1. The summed E-state index contributed by atoms with van der Waals surface area (Å²) in [7, 11) is 0. The summed E-state index contributed by atoms with van der Waals surface area (Å²) in [6, 6.07) is 5.83. The van der Waals surface area contributed by atoms with Crippen molar-refractivity contribution in [2.24, 2.45) is 5.92 Å². The first kappa shape index (κ1) is 23.0. The molecule has 3 N–H and O–H groups in total. The van der Waals surface area contributed by atoms with Crippen LogP contribution in [0, 0.1) is 5.92 Å². The zero-order chi connectivity index (χ0) is 22.5. The second-order valence-electron chi connectivity index (χ2n) is 6.77. The van der Waals surface area contributed by atoms with Crippen molar-refractivity contribution in [3.8, 4) is 5.75 Å². The van der Waals surface area contributed by atoms with Crippen molar-refractivity contribution in [3.05, 3.63) is 45.5 Å². The number of hydrogen-bond donors (Lipinski definition) is 3. The number of nitrogens with zero attached hydrogens (tertiary/aromatic N) is 2. The number of hydrogen-bond acceptors (Lipinski definition) is 5. The minimum absolute atomic E-state index is 0.00585. The molecule has 2 heterocycles. The molecule has 1 aliphatic rings. The van der Waals surface area contributed by atoms with Gasteiger partial charge in [0.2, 0.25) is 0 Å². The van der Waals surface area contributed by atoms with Gasteiger partial charge in [0.1, 0.15) is 5.82 Å². The molecular weight excluding hydrogens is 502 g/mol. The second-order valence-corrected chi connectivity index (χ2v) is 8.03. The number of para-hydroxylation sites is 1. The lowest BCUT2D eigenvalue weighted by atomic mass is 10.1. The van der Waals surface area contributed by atoms with Gasteiger partial charge in [-0.15, -0.1) is 0 Å². The van der Waals surface area contributed by atoms with Gasteiger partial charge in [-0.05, 0) is 46.5 Å². The predicted molar refractivity (Wildman–Crippen MR) is 114 cm³/mol. The summed E-state index contributed by atoms with van der Waals surface area (Å²) >= 11 is 9.31. The fourth-order valence-corrected chi connectivity index (χ4v) is 4.04. The van der Waals surface area contributed by atoms with Gasteiger partial charge in [0.25, 0.3) is 5.91 Å². The van der Waals surface area contributed by atoms with Gasteiger partial charge in [-0.25, -0.2) is 9.78 Å². The Kier molecular flexibility index (Phi) is 7.50. The smallest absolute Gasteiger partial charge is 0.404 e. The van der Waals surface area contributed by atoms with Crippen LogP contribution in [0.1, 0.15) is 16.8 Å². The van der Waals surface area contributed by atoms with Crippen LogP contribution in [0.2, 0.25) is 5.02 Å². The van der Waals surface area contributed by atoms with Gasteiger partial charge >= 0.3 is 12.7 Å². The average molecular weight is 520 g/mol. The van der Waals surface area contributed by atoms with Crippen LogP contribution in [-0.2, 0) is 0 Å². The summed E-state index contributed by atoms with van der Waals surface area (Å²) in [5.41, 5.74) is 0.202. The van der Waals surface area contributed by atoms with Crippen LogP contribution in [0.5, 0.6) is 5.75 Å². The SMILES string of the molecule is O=C(O)NCC1CCN(c2ncc(C(=O)Nc3cccc(Cl)c3OC(F)F)cc2Br)C1. The molecule has 1 atom stereocenters. The van der Waals surface area contributed by atoms with E-state index in [0.717, 1.165) is 6.42 Å². The fourth-order valence-electron chi connectivity index (χ4n) is 3.22. The molecule has 31 heavy (non-hydrogen) atoms. The molecule has 0 aliphatic carbocycles. The van der Waals surface area contributed by atoms with E-state index in [4.69, 9.17) is 16.7 Å². The van der Waals surface area contributed by atoms with Crippen LogP contribution in [0.4, 0.5) is 25.1 Å². The number of carbonyl (C=O) groups is 2. The molecule has 0 spiro atoms. The normalized spacial score (nSPS) is 15.8. The number of pyridine rings is 1. The van der Waals surface area contributed by atoms with Crippen LogP contribution in [-0.4, -0.2) is 48.3 Å². The highest BCUT2D eigenvalue weighted by molar-refractivity contribution is 9.10. The van der Waals surface area contributed by atoms with Crippen LogP contribution >= 0.6 is 27.5 Å². The third-order valence-corrected chi connectivity index (χ3v) is 5.51. The van der Waals surface area contributed by atoms with E-state index in [1.165, 1.54) is 24.4 Å². The average Bonchev–Trinajstić information content (AvgIpc) is 3.17. The number of nitrogens with one attached hydrogen (secondary N) is 2. The molecular formula is C19H18BrClF2N4O4. The molecule has 0 radical (unpaired) electrons. The molecule has 2 amide bonds. The zero-order valence-corrected chi connectivity index (χ0v) is 18.3. The van der Waals surface area contributed by atoms with Crippen LogP contribution in [0.3, 0.4) is 0 Å². The van der Waals surface area contributed by atoms with Gasteiger partial charge in [-0.3, -0.25) is 4.79 Å². The molecule has 1 saturated heterocycles. The van der Waals surface area contributed by atoms with Gasteiger partial charge in [-0.1, -0.05) is 17.7 Å². The molecule has 1 aromatic carbocycles. The highest BCUT2D eigenvalue weighted by Gasteiger charge is 2.26. The van der Waals surface area contributed by atoms with E-state index in [2.05, 4.69) is 36.3 Å². The summed E-state index contributed by atoms with van der Waals surface area (Å²) in [6.07, 6.45) is 1.12. The Morgan fingerprint density at radius 2 is 2.19 bits per heavy atom. The largest absolute Gasteiger partial charge is 0.465 e. The van der Waals surface area contributed by atoms with Gasteiger partial charge in [0.05, 0.1) is 20.7 Å². The van der Waals surface area contributed by atoms with Crippen molar-refractivity contribution in [1.29, 1.82) is 0 Å². The summed E-state index contributed by atoms with van der Waals surface area (Å²) in [4.78, 5) is 29.6. The maximum absolute atomic E-state index is 12.7. The summed E-state index contributed by atoms with van der Waals surface area (Å²) in [5, 5.41) is 13.6. The van der Waals surface area contributed by atoms with Crippen molar-refractivity contribution in [3.63, 3.8) is 0 Å². The van der Waals surface area contributed by atoms with E-state index in [-0.39, 0.29) is 27.9 Å². The molecule has 1 aliphatic heterocycles. The Balaban J connectivity index is 1.70. The standard InChI is InChI=1S/C19H18BrClF2N4O4/c20-12-6-11(8-24-16(12)27-5-4-10(9-27)7-25-19(29)30)17(28)26-14-3-1-2-13(21)15(14)31-18(22)23/h1-3,6,8,10,18,25H,4-5,7,9H2,(H,26,28)(H,29,30). The van der Waals surface area contributed by atoms with Crippen molar-refractivity contribution in [1.82, 2.24) is 10.3 Å². The Hall–Kier alpha value is -2.66. The number of benzene rings is 1. The Morgan fingerprint density at radius 1 is 1.42 bits per heavy atom. The first-order chi connectivity index (χ1) is 14.7. The molecule has 1 aromatic heterocycles. The van der Waals surface area contributed by atoms with E-state index < -0.39 is 18.6 Å². The number of anilines is 2. The summed E-state index contributed by atoms with van der Waals surface area (Å²) in [6.45, 7) is -1.43. The van der Waals surface area contributed by atoms with E-state index >= 15 is 0 Å². The molecule has 166 valence electrons. The van der Waals surface area contributed by atoms with E-state index in [9.17, 15) is 18.4 Å². The highest BCUT2D eigenvalue weighted by atomic mass is 79.9. The number of alkyl halides is 2. The number of rotatable bonds is 7. The van der Waals surface area contributed by atoms with E-state index in [1.807, 2.05) is 4.90 Å². The lowest BCUT2D eigenvalue weighted by Gasteiger charge is -2.19. The van der Waals surface area contributed by atoms with E-state index in [1.54, 1.807) is 6.07 Å². The minimum atomic E-state index is -3.10. The number of carboxylic acid groups (broad SMARTS) is 1. The third-order valence-electron chi connectivity index (χ3n) is 4.63. The lowest BCUT2D eigenvalue weighted by molar-refractivity contribution is -0.0493. The second kappa shape index (κ2) is 10.1. The summed E-state index contributed by atoms with van der Waals surface area (Å²) in [5.74, 6) is -0.122. The molecule has 3 rings (SSSR count). The summed E-state index contributed by atoms with van der Waals surface area (Å²) < 4.78 is 30.3. The number of amides is 2. The highest BCUT2D eigenvalue weighted by Crippen LogP contribution is 2.35. The fraction of sp³-hybridized carbons (Fsp3) is 0.316. The monoisotopic (exact) mass is 518 g/mol. The van der Waals surface area contributed by atoms with Crippen molar-refractivity contribution in [2.75, 3.05) is 29.9 Å². The van der Waals surface area contributed by atoms with Crippen LogP contribution in [0.15, 0.2) is 34.9 Å². The molecule has 2 aromatic rings. The number of aromatic nitrogens is 1. The lowest BCUT2D eigenvalue weighted by Crippen LogP contribution is -2.30. The maximum Gasteiger partial charge on any atom is 0.404 e. The topological polar surface area (TPSA) is 104 Å². The van der Waals surface area contributed by atoms with Gasteiger partial charge in [0, 0.05) is 25.8 Å². The molecule has 0 bridgehead atoms. The van der Waals surface area contributed by atoms with Gasteiger partial charge in [-0.2, -0.15) is 8.78 Å².